The molecule has 0 saturated heterocycles. The van der Waals surface area contributed by atoms with Crippen molar-refractivity contribution in [3.63, 3.8) is 0 Å². The molecule has 3 N–H and O–H groups in total. The van der Waals surface area contributed by atoms with Gasteiger partial charge in [-0.1, -0.05) is 42.5 Å². The zero-order chi connectivity index (χ0) is 17.7. The van der Waals surface area contributed by atoms with Crippen LogP contribution in [0.1, 0.15) is 16.7 Å². The molecule has 2 rings (SSSR count). The molecule has 0 aliphatic rings. The van der Waals surface area contributed by atoms with E-state index in [1.807, 2.05) is 30.3 Å². The van der Waals surface area contributed by atoms with Crippen molar-refractivity contribution in [3.05, 3.63) is 65.2 Å². The van der Waals surface area contributed by atoms with E-state index in [1.54, 1.807) is 25.1 Å². The summed E-state index contributed by atoms with van der Waals surface area (Å²) >= 11 is 0. The third kappa shape index (κ3) is 6.49. The standard InChI is InChI=1S/C18H22N2O3S.ClH/c1-13-15(12-24(2,22)23)9-6-10-17(13)20-18(21)16(19)11-14-7-4-3-5-8-14;/h3-10,16H,11-12,19H2,1-2H3,(H,20,21);1H/t16-;/m0./s1. The summed E-state index contributed by atoms with van der Waals surface area (Å²) in [6.07, 6.45) is 1.63. The Kier molecular flexibility index (Phi) is 7.60. The van der Waals surface area contributed by atoms with Gasteiger partial charge in [0.1, 0.15) is 0 Å². The van der Waals surface area contributed by atoms with Crippen molar-refractivity contribution in [1.29, 1.82) is 0 Å². The second kappa shape index (κ2) is 8.99. The number of nitrogens with two attached hydrogens (primary N) is 1. The highest BCUT2D eigenvalue weighted by atomic mass is 35.5. The Hall–Kier alpha value is -1.89. The highest BCUT2D eigenvalue weighted by Crippen LogP contribution is 2.21. The van der Waals surface area contributed by atoms with Crippen LogP contribution in [-0.2, 0) is 26.8 Å². The first-order valence-corrected chi connectivity index (χ1v) is 9.69. The number of rotatable bonds is 6. The molecule has 1 atom stereocenters. The van der Waals surface area contributed by atoms with E-state index in [-0.39, 0.29) is 24.1 Å². The van der Waals surface area contributed by atoms with Crippen LogP contribution in [-0.4, -0.2) is 26.6 Å². The van der Waals surface area contributed by atoms with Gasteiger partial charge in [-0.25, -0.2) is 8.42 Å². The number of hydrogen-bond donors (Lipinski definition) is 2. The predicted molar refractivity (Wildman–Crippen MR) is 104 cm³/mol. The summed E-state index contributed by atoms with van der Waals surface area (Å²) in [5, 5.41) is 2.80. The summed E-state index contributed by atoms with van der Waals surface area (Å²) < 4.78 is 23.0. The second-order valence-corrected chi connectivity index (χ2v) is 8.09. The number of amides is 1. The summed E-state index contributed by atoms with van der Waals surface area (Å²) in [6.45, 7) is 1.79. The van der Waals surface area contributed by atoms with Gasteiger partial charge in [-0.2, -0.15) is 0 Å². The first-order chi connectivity index (χ1) is 11.3. The summed E-state index contributed by atoms with van der Waals surface area (Å²) in [5.41, 5.74) is 8.97. The minimum Gasteiger partial charge on any atom is -0.324 e. The zero-order valence-corrected chi connectivity index (χ0v) is 15.9. The van der Waals surface area contributed by atoms with Gasteiger partial charge in [-0.15, -0.1) is 12.4 Å². The van der Waals surface area contributed by atoms with Crippen molar-refractivity contribution in [2.24, 2.45) is 5.73 Å². The molecule has 0 unspecified atom stereocenters. The van der Waals surface area contributed by atoms with Crippen molar-refractivity contribution in [1.82, 2.24) is 0 Å². The van der Waals surface area contributed by atoms with Crippen LogP contribution in [0.5, 0.6) is 0 Å². The van der Waals surface area contributed by atoms with Crippen LogP contribution in [0.2, 0.25) is 0 Å². The second-order valence-electron chi connectivity index (χ2n) is 5.95. The lowest BCUT2D eigenvalue weighted by Gasteiger charge is -2.15. The van der Waals surface area contributed by atoms with Gasteiger partial charge in [-0.3, -0.25) is 4.79 Å². The highest BCUT2D eigenvalue weighted by molar-refractivity contribution is 7.89. The molecule has 0 spiro atoms. The molecule has 136 valence electrons. The Labute approximate surface area is 155 Å². The minimum atomic E-state index is -3.14. The molecule has 0 aromatic heterocycles. The smallest absolute Gasteiger partial charge is 0.241 e. The Morgan fingerprint density at radius 1 is 1.12 bits per heavy atom. The average Bonchev–Trinajstić information content (AvgIpc) is 2.51. The molecule has 5 nitrogen and oxygen atoms in total. The van der Waals surface area contributed by atoms with E-state index in [9.17, 15) is 13.2 Å². The SMILES string of the molecule is Cc1c(CS(C)(=O)=O)cccc1NC(=O)[C@@H](N)Cc1ccccc1.Cl. The Balaban J connectivity index is 0.00000312. The quantitative estimate of drug-likeness (QED) is 0.803. The van der Waals surface area contributed by atoms with Gasteiger partial charge < -0.3 is 11.1 Å². The van der Waals surface area contributed by atoms with Gasteiger partial charge in [-0.05, 0) is 36.1 Å². The van der Waals surface area contributed by atoms with Crippen LogP contribution in [0, 0.1) is 6.92 Å². The van der Waals surface area contributed by atoms with Crippen LogP contribution >= 0.6 is 12.4 Å². The van der Waals surface area contributed by atoms with Crippen LogP contribution in [0.3, 0.4) is 0 Å². The van der Waals surface area contributed by atoms with E-state index in [0.717, 1.165) is 11.1 Å². The van der Waals surface area contributed by atoms with E-state index in [2.05, 4.69) is 5.32 Å². The molecule has 0 aliphatic heterocycles. The fourth-order valence-electron chi connectivity index (χ4n) is 2.44. The fourth-order valence-corrected chi connectivity index (χ4v) is 3.32. The lowest BCUT2D eigenvalue weighted by Crippen LogP contribution is -2.37. The normalized spacial score (nSPS) is 12.1. The number of carbonyl (C=O) groups is 1. The molecule has 7 heteroatoms. The predicted octanol–water partition coefficient (Wildman–Crippen LogP) is 2.47. The van der Waals surface area contributed by atoms with Crippen LogP contribution in [0.4, 0.5) is 5.69 Å². The highest BCUT2D eigenvalue weighted by Gasteiger charge is 2.16. The molecule has 0 bridgehead atoms. The van der Waals surface area contributed by atoms with Crippen molar-refractivity contribution in [2.75, 3.05) is 11.6 Å². The average molecular weight is 383 g/mol. The van der Waals surface area contributed by atoms with E-state index >= 15 is 0 Å². The number of carbonyl (C=O) groups excluding carboxylic acids is 1. The number of halogens is 1. The summed E-state index contributed by atoms with van der Waals surface area (Å²) in [4.78, 5) is 12.3. The number of nitrogens with one attached hydrogen (secondary N) is 1. The van der Waals surface area contributed by atoms with Crippen molar-refractivity contribution >= 4 is 33.8 Å². The monoisotopic (exact) mass is 382 g/mol. The number of sulfone groups is 1. The fraction of sp³-hybridized carbons (Fsp3) is 0.278. The maximum Gasteiger partial charge on any atom is 0.241 e. The molecule has 0 heterocycles. The Morgan fingerprint density at radius 3 is 2.36 bits per heavy atom. The summed E-state index contributed by atoms with van der Waals surface area (Å²) in [5.74, 6) is -0.350. The topological polar surface area (TPSA) is 89.3 Å². The first kappa shape index (κ1) is 21.2. The third-order valence-corrected chi connectivity index (χ3v) is 4.59. The Morgan fingerprint density at radius 2 is 1.76 bits per heavy atom. The van der Waals surface area contributed by atoms with Gasteiger partial charge in [0.05, 0.1) is 11.8 Å². The number of hydrogen-bond acceptors (Lipinski definition) is 4. The van der Waals surface area contributed by atoms with Crippen molar-refractivity contribution in [3.8, 4) is 0 Å². The minimum absolute atomic E-state index is 0. The molecule has 0 fully saturated rings. The van der Waals surface area contributed by atoms with Crippen LogP contribution in [0.15, 0.2) is 48.5 Å². The lowest BCUT2D eigenvalue weighted by atomic mass is 10.0. The molecular weight excluding hydrogens is 360 g/mol. The first-order valence-electron chi connectivity index (χ1n) is 7.63. The van der Waals surface area contributed by atoms with Crippen LogP contribution < -0.4 is 11.1 Å². The maximum absolute atomic E-state index is 12.3. The largest absolute Gasteiger partial charge is 0.324 e. The molecule has 0 aliphatic carbocycles. The van der Waals surface area contributed by atoms with Crippen molar-refractivity contribution in [2.45, 2.75) is 25.1 Å². The van der Waals surface area contributed by atoms with E-state index in [1.165, 1.54) is 6.26 Å². The Bertz CT molecular complexity index is 823. The van der Waals surface area contributed by atoms with E-state index in [4.69, 9.17) is 5.73 Å². The maximum atomic E-state index is 12.3. The van der Waals surface area contributed by atoms with E-state index < -0.39 is 15.9 Å². The van der Waals surface area contributed by atoms with Gasteiger partial charge >= 0.3 is 0 Å². The molecule has 1 amide bonds. The van der Waals surface area contributed by atoms with Gasteiger partial charge in [0.2, 0.25) is 5.91 Å². The summed E-state index contributed by atoms with van der Waals surface area (Å²) in [7, 11) is -3.14. The van der Waals surface area contributed by atoms with Gasteiger partial charge in [0.25, 0.3) is 0 Å². The van der Waals surface area contributed by atoms with E-state index in [0.29, 0.717) is 17.7 Å². The molecular formula is C18H23ClN2O3S. The molecule has 25 heavy (non-hydrogen) atoms. The summed E-state index contributed by atoms with van der Waals surface area (Å²) in [6, 6.07) is 14.1. The van der Waals surface area contributed by atoms with Gasteiger partial charge in [0, 0.05) is 11.9 Å². The third-order valence-electron chi connectivity index (χ3n) is 3.76. The van der Waals surface area contributed by atoms with Crippen LogP contribution in [0.25, 0.3) is 0 Å². The zero-order valence-electron chi connectivity index (χ0n) is 14.2. The molecule has 0 radical (unpaired) electrons. The van der Waals surface area contributed by atoms with Gasteiger partial charge in [0.15, 0.2) is 9.84 Å². The lowest BCUT2D eigenvalue weighted by molar-refractivity contribution is -0.117. The number of benzene rings is 2. The van der Waals surface area contributed by atoms with Crippen molar-refractivity contribution < 1.29 is 13.2 Å². The molecule has 0 saturated carbocycles. The molecule has 2 aromatic rings. The molecule has 2 aromatic carbocycles. The number of anilines is 1.